The second-order valence-corrected chi connectivity index (χ2v) is 5.61. The summed E-state index contributed by atoms with van der Waals surface area (Å²) in [5, 5.41) is 2.60. The summed E-state index contributed by atoms with van der Waals surface area (Å²) in [4.78, 5) is 11.4. The molecule has 0 radical (unpaired) electrons. The molecule has 108 valence electrons. The Balaban J connectivity index is 2.60. The van der Waals surface area contributed by atoms with Crippen molar-refractivity contribution < 1.29 is 9.53 Å². The molecule has 0 unspecified atom stereocenters. The Morgan fingerprint density at radius 3 is 2.55 bits per heavy atom. The van der Waals surface area contributed by atoms with Gasteiger partial charge in [-0.15, -0.1) is 0 Å². The molecule has 4 nitrogen and oxygen atoms in total. The monoisotopic (exact) mass is 274 g/mol. The van der Waals surface area contributed by atoms with Gasteiger partial charge in [0.2, 0.25) is 0 Å². The van der Waals surface area contributed by atoms with Gasteiger partial charge in [-0.3, -0.25) is 0 Å². The molecule has 0 aliphatic rings. The average molecular weight is 274 g/mol. The predicted molar refractivity (Wildman–Crippen MR) is 81.4 cm³/mol. The zero-order chi connectivity index (χ0) is 15.3. The first-order valence-corrected chi connectivity index (χ1v) is 6.52. The topological polar surface area (TPSA) is 64.3 Å². The minimum Gasteiger partial charge on any atom is -0.444 e. The lowest BCUT2D eigenvalue weighted by Gasteiger charge is -2.19. The van der Waals surface area contributed by atoms with Gasteiger partial charge in [-0.1, -0.05) is 11.8 Å². The van der Waals surface area contributed by atoms with E-state index in [4.69, 9.17) is 10.5 Å². The fourth-order valence-corrected chi connectivity index (χ4v) is 1.55. The number of hydrogen-bond acceptors (Lipinski definition) is 3. The van der Waals surface area contributed by atoms with E-state index in [0.29, 0.717) is 0 Å². The smallest absolute Gasteiger partial charge is 0.408 e. The first kappa shape index (κ1) is 15.9. The number of hydrogen-bond donors (Lipinski definition) is 2. The number of anilines is 1. The van der Waals surface area contributed by atoms with Crippen molar-refractivity contribution in [3.8, 4) is 11.8 Å². The van der Waals surface area contributed by atoms with E-state index in [-0.39, 0.29) is 6.54 Å². The maximum Gasteiger partial charge on any atom is 0.408 e. The summed E-state index contributed by atoms with van der Waals surface area (Å²) >= 11 is 0. The number of nitrogen functional groups attached to an aromatic ring is 1. The molecule has 0 saturated carbocycles. The van der Waals surface area contributed by atoms with Crippen LogP contribution in [0, 0.1) is 25.7 Å². The number of nitrogens with two attached hydrogens (primary N) is 1. The fraction of sp³-hybridized carbons (Fsp3) is 0.438. The van der Waals surface area contributed by atoms with Crippen molar-refractivity contribution in [2.45, 2.75) is 40.2 Å². The highest BCUT2D eigenvalue weighted by Crippen LogP contribution is 2.18. The maximum absolute atomic E-state index is 11.4. The molecule has 0 heterocycles. The van der Waals surface area contributed by atoms with Gasteiger partial charge in [-0.05, 0) is 57.9 Å². The van der Waals surface area contributed by atoms with Crippen molar-refractivity contribution in [2.24, 2.45) is 0 Å². The summed E-state index contributed by atoms with van der Waals surface area (Å²) in [5.74, 6) is 5.93. The van der Waals surface area contributed by atoms with Crippen LogP contribution in [0.5, 0.6) is 0 Å². The van der Waals surface area contributed by atoms with Gasteiger partial charge in [0.15, 0.2) is 0 Å². The van der Waals surface area contributed by atoms with Crippen LogP contribution in [0.3, 0.4) is 0 Å². The van der Waals surface area contributed by atoms with E-state index in [1.807, 2.05) is 46.8 Å². The molecule has 0 bridgehead atoms. The second-order valence-electron chi connectivity index (χ2n) is 5.61. The zero-order valence-electron chi connectivity index (χ0n) is 12.8. The van der Waals surface area contributed by atoms with Crippen LogP contribution in [0.1, 0.15) is 37.5 Å². The summed E-state index contributed by atoms with van der Waals surface area (Å²) in [6, 6.07) is 3.73. The molecule has 1 amide bonds. The standard InChI is InChI=1S/C16H22N2O2/c1-11-12(2)14(17)9-8-13(11)7-6-10-18-15(19)20-16(3,4)5/h8-9H,10,17H2,1-5H3,(H,18,19). The first-order chi connectivity index (χ1) is 9.20. The minimum atomic E-state index is -0.498. The molecule has 0 aliphatic carbocycles. The molecule has 20 heavy (non-hydrogen) atoms. The molecule has 1 rings (SSSR count). The summed E-state index contributed by atoms with van der Waals surface area (Å²) in [7, 11) is 0. The number of ether oxygens (including phenoxy) is 1. The third-order valence-electron chi connectivity index (χ3n) is 2.77. The molecule has 1 aromatic carbocycles. The van der Waals surface area contributed by atoms with E-state index >= 15 is 0 Å². The van der Waals surface area contributed by atoms with Crippen LogP contribution in [-0.2, 0) is 4.74 Å². The Morgan fingerprint density at radius 2 is 1.95 bits per heavy atom. The van der Waals surface area contributed by atoms with Crippen molar-refractivity contribution in [3.05, 3.63) is 28.8 Å². The van der Waals surface area contributed by atoms with E-state index in [1.54, 1.807) is 0 Å². The number of alkyl carbamates (subject to hydrolysis) is 1. The fourth-order valence-electron chi connectivity index (χ4n) is 1.55. The second kappa shape index (κ2) is 6.33. The van der Waals surface area contributed by atoms with Crippen LogP contribution in [-0.4, -0.2) is 18.2 Å². The lowest BCUT2D eigenvalue weighted by atomic mass is 10.0. The summed E-state index contributed by atoms with van der Waals surface area (Å²) in [6.07, 6.45) is -0.461. The lowest BCUT2D eigenvalue weighted by molar-refractivity contribution is 0.0535. The molecule has 3 N–H and O–H groups in total. The third kappa shape index (κ3) is 4.85. The first-order valence-electron chi connectivity index (χ1n) is 6.52. The Labute approximate surface area is 120 Å². The number of carbonyl (C=O) groups is 1. The number of nitrogens with one attached hydrogen (secondary N) is 1. The Hall–Kier alpha value is -2.15. The number of carbonyl (C=O) groups excluding carboxylic acids is 1. The van der Waals surface area contributed by atoms with Gasteiger partial charge >= 0.3 is 6.09 Å². The van der Waals surface area contributed by atoms with Crippen molar-refractivity contribution in [2.75, 3.05) is 12.3 Å². The van der Waals surface area contributed by atoms with Crippen LogP contribution in [0.25, 0.3) is 0 Å². The molecule has 0 saturated heterocycles. The number of benzene rings is 1. The highest BCUT2D eigenvalue weighted by atomic mass is 16.6. The minimum absolute atomic E-state index is 0.248. The Morgan fingerprint density at radius 1 is 1.30 bits per heavy atom. The summed E-state index contributed by atoms with van der Waals surface area (Å²) in [5.41, 5.74) is 9.11. The Kier molecular flexibility index (Phi) is 5.04. The predicted octanol–water partition coefficient (Wildman–Crippen LogP) is 2.76. The van der Waals surface area contributed by atoms with Gasteiger partial charge in [-0.2, -0.15) is 0 Å². The van der Waals surface area contributed by atoms with E-state index in [1.165, 1.54) is 0 Å². The SMILES string of the molecule is Cc1c(N)ccc(C#CCNC(=O)OC(C)(C)C)c1C. The van der Waals surface area contributed by atoms with Gasteiger partial charge in [-0.25, -0.2) is 4.79 Å². The molecule has 1 aromatic rings. The van der Waals surface area contributed by atoms with Crippen LogP contribution < -0.4 is 11.1 Å². The van der Waals surface area contributed by atoms with Crippen LogP contribution in [0.15, 0.2) is 12.1 Å². The van der Waals surface area contributed by atoms with Crippen molar-refractivity contribution >= 4 is 11.8 Å². The van der Waals surface area contributed by atoms with Crippen LogP contribution in [0.2, 0.25) is 0 Å². The van der Waals surface area contributed by atoms with E-state index in [0.717, 1.165) is 22.4 Å². The average Bonchev–Trinajstić information content (AvgIpc) is 2.32. The van der Waals surface area contributed by atoms with Crippen molar-refractivity contribution in [1.29, 1.82) is 0 Å². The summed E-state index contributed by atoms with van der Waals surface area (Å²) < 4.78 is 5.11. The molecular weight excluding hydrogens is 252 g/mol. The third-order valence-corrected chi connectivity index (χ3v) is 2.77. The number of amides is 1. The van der Waals surface area contributed by atoms with E-state index in [2.05, 4.69) is 17.2 Å². The molecule has 0 aliphatic heterocycles. The van der Waals surface area contributed by atoms with Crippen molar-refractivity contribution in [3.63, 3.8) is 0 Å². The van der Waals surface area contributed by atoms with E-state index < -0.39 is 11.7 Å². The normalized spacial score (nSPS) is 10.4. The van der Waals surface area contributed by atoms with E-state index in [9.17, 15) is 4.79 Å². The van der Waals surface area contributed by atoms with Gasteiger partial charge in [0.05, 0.1) is 6.54 Å². The summed E-state index contributed by atoms with van der Waals surface area (Å²) in [6.45, 7) is 9.65. The van der Waals surface area contributed by atoms with Gasteiger partial charge in [0, 0.05) is 11.3 Å². The van der Waals surface area contributed by atoms with Crippen LogP contribution >= 0.6 is 0 Å². The van der Waals surface area contributed by atoms with Crippen molar-refractivity contribution in [1.82, 2.24) is 5.32 Å². The Bertz CT molecular complexity index is 560. The zero-order valence-corrected chi connectivity index (χ0v) is 12.8. The molecular formula is C16H22N2O2. The number of rotatable bonds is 1. The highest BCUT2D eigenvalue weighted by molar-refractivity contribution is 5.68. The molecule has 0 atom stereocenters. The van der Waals surface area contributed by atoms with Gasteiger partial charge < -0.3 is 15.8 Å². The van der Waals surface area contributed by atoms with Gasteiger partial charge in [0.25, 0.3) is 0 Å². The van der Waals surface area contributed by atoms with Crippen LogP contribution in [0.4, 0.5) is 10.5 Å². The lowest BCUT2D eigenvalue weighted by Crippen LogP contribution is -2.32. The van der Waals surface area contributed by atoms with Gasteiger partial charge in [0.1, 0.15) is 5.60 Å². The maximum atomic E-state index is 11.4. The molecule has 0 fully saturated rings. The quantitative estimate of drug-likeness (QED) is 0.611. The molecule has 0 spiro atoms. The molecule has 4 heteroatoms. The largest absolute Gasteiger partial charge is 0.444 e. The molecule has 0 aromatic heterocycles. The highest BCUT2D eigenvalue weighted by Gasteiger charge is 2.14.